The van der Waals surface area contributed by atoms with E-state index in [0.717, 1.165) is 5.56 Å². The first-order chi connectivity index (χ1) is 8.70. The molecule has 98 valence electrons. The van der Waals surface area contributed by atoms with Crippen molar-refractivity contribution in [3.8, 4) is 0 Å². The number of amides is 1. The number of hydrogen-bond acceptors (Lipinski definition) is 3. The Kier molecular flexibility index (Phi) is 4.33. The van der Waals surface area contributed by atoms with Crippen LogP contribution in [-0.2, 0) is 9.53 Å². The lowest BCUT2D eigenvalue weighted by Crippen LogP contribution is -2.46. The van der Waals surface area contributed by atoms with Gasteiger partial charge in [-0.15, -0.1) is 0 Å². The van der Waals surface area contributed by atoms with E-state index in [4.69, 9.17) is 10.5 Å². The Balaban J connectivity index is 2.07. The Labute approximate surface area is 108 Å². The van der Waals surface area contributed by atoms with E-state index in [9.17, 15) is 4.79 Å². The minimum Gasteiger partial charge on any atom is -0.367 e. The van der Waals surface area contributed by atoms with Gasteiger partial charge in [0, 0.05) is 19.5 Å². The van der Waals surface area contributed by atoms with Gasteiger partial charge in [0.05, 0.1) is 12.6 Å². The van der Waals surface area contributed by atoms with Crippen LogP contribution in [0.25, 0.3) is 0 Å². The van der Waals surface area contributed by atoms with Crippen LogP contribution < -0.4 is 5.73 Å². The van der Waals surface area contributed by atoms with Gasteiger partial charge in [-0.3, -0.25) is 4.79 Å². The SMILES string of the molecule is CC1CN(C(=O)CCN)CC(c2ccccc2)O1. The number of nitrogens with two attached hydrogens (primary N) is 1. The van der Waals surface area contributed by atoms with Gasteiger partial charge < -0.3 is 15.4 Å². The highest BCUT2D eigenvalue weighted by Gasteiger charge is 2.28. The first-order valence-electron chi connectivity index (χ1n) is 6.39. The molecule has 1 aliphatic rings. The molecule has 1 aliphatic heterocycles. The molecular weight excluding hydrogens is 228 g/mol. The second-order valence-electron chi connectivity index (χ2n) is 4.68. The maximum absolute atomic E-state index is 11.9. The number of nitrogens with zero attached hydrogens (tertiary/aromatic N) is 1. The molecule has 0 aromatic heterocycles. The van der Waals surface area contributed by atoms with Crippen molar-refractivity contribution in [2.24, 2.45) is 5.73 Å². The molecule has 0 radical (unpaired) electrons. The number of carbonyl (C=O) groups is 1. The zero-order valence-electron chi connectivity index (χ0n) is 10.7. The average Bonchev–Trinajstić information content (AvgIpc) is 2.39. The van der Waals surface area contributed by atoms with Crippen LogP contribution in [0.3, 0.4) is 0 Å². The fourth-order valence-corrected chi connectivity index (χ4v) is 2.29. The Hall–Kier alpha value is -1.39. The Morgan fingerprint density at radius 3 is 2.78 bits per heavy atom. The largest absolute Gasteiger partial charge is 0.367 e. The molecule has 1 aromatic carbocycles. The second-order valence-corrected chi connectivity index (χ2v) is 4.68. The van der Waals surface area contributed by atoms with Gasteiger partial charge in [-0.05, 0) is 12.5 Å². The summed E-state index contributed by atoms with van der Waals surface area (Å²) in [5.74, 6) is 0.119. The van der Waals surface area contributed by atoms with Gasteiger partial charge in [-0.2, -0.15) is 0 Å². The molecule has 0 spiro atoms. The van der Waals surface area contributed by atoms with Crippen LogP contribution in [-0.4, -0.2) is 36.5 Å². The summed E-state index contributed by atoms with van der Waals surface area (Å²) in [6.07, 6.45) is 0.441. The van der Waals surface area contributed by atoms with Crippen molar-refractivity contribution < 1.29 is 9.53 Å². The van der Waals surface area contributed by atoms with Crippen molar-refractivity contribution in [2.45, 2.75) is 25.6 Å². The van der Waals surface area contributed by atoms with Gasteiger partial charge in [0.1, 0.15) is 6.10 Å². The number of ether oxygens (including phenoxy) is 1. The van der Waals surface area contributed by atoms with Crippen LogP contribution in [0, 0.1) is 0 Å². The normalized spacial score (nSPS) is 24.0. The molecule has 1 aromatic rings. The fourth-order valence-electron chi connectivity index (χ4n) is 2.29. The van der Waals surface area contributed by atoms with E-state index in [1.54, 1.807) is 0 Å². The Morgan fingerprint density at radius 1 is 1.39 bits per heavy atom. The van der Waals surface area contributed by atoms with E-state index in [1.807, 2.05) is 42.2 Å². The van der Waals surface area contributed by atoms with Gasteiger partial charge in [-0.1, -0.05) is 30.3 Å². The highest BCUT2D eigenvalue weighted by molar-refractivity contribution is 5.76. The molecule has 2 N–H and O–H groups in total. The Morgan fingerprint density at radius 2 is 2.11 bits per heavy atom. The van der Waals surface area contributed by atoms with Crippen LogP contribution in [0.5, 0.6) is 0 Å². The van der Waals surface area contributed by atoms with E-state index < -0.39 is 0 Å². The van der Waals surface area contributed by atoms with Crippen molar-refractivity contribution in [3.63, 3.8) is 0 Å². The quantitative estimate of drug-likeness (QED) is 0.878. The fraction of sp³-hybridized carbons (Fsp3) is 0.500. The third-order valence-electron chi connectivity index (χ3n) is 3.14. The summed E-state index contributed by atoms with van der Waals surface area (Å²) in [6.45, 7) is 3.67. The molecule has 1 saturated heterocycles. The minimum absolute atomic E-state index is 0.0309. The molecule has 4 heteroatoms. The van der Waals surface area contributed by atoms with E-state index >= 15 is 0 Å². The van der Waals surface area contributed by atoms with Crippen molar-refractivity contribution in [2.75, 3.05) is 19.6 Å². The van der Waals surface area contributed by atoms with Crippen molar-refractivity contribution >= 4 is 5.91 Å². The smallest absolute Gasteiger partial charge is 0.224 e. The van der Waals surface area contributed by atoms with Gasteiger partial charge in [-0.25, -0.2) is 0 Å². The third-order valence-corrected chi connectivity index (χ3v) is 3.14. The zero-order chi connectivity index (χ0) is 13.0. The summed E-state index contributed by atoms with van der Waals surface area (Å²) in [7, 11) is 0. The van der Waals surface area contributed by atoms with Crippen LogP contribution in [0.4, 0.5) is 0 Å². The predicted molar refractivity (Wildman–Crippen MR) is 70.0 cm³/mol. The van der Waals surface area contributed by atoms with Gasteiger partial charge in [0.15, 0.2) is 0 Å². The molecule has 2 atom stereocenters. The van der Waals surface area contributed by atoms with E-state index in [1.165, 1.54) is 0 Å². The molecule has 2 rings (SSSR count). The first-order valence-corrected chi connectivity index (χ1v) is 6.39. The maximum atomic E-state index is 11.9. The standard InChI is InChI=1S/C14H20N2O2/c1-11-9-16(14(17)7-8-15)10-13(18-11)12-5-3-2-4-6-12/h2-6,11,13H,7-10,15H2,1H3. The van der Waals surface area contributed by atoms with E-state index in [2.05, 4.69) is 0 Å². The van der Waals surface area contributed by atoms with Crippen molar-refractivity contribution in [1.29, 1.82) is 0 Å². The average molecular weight is 248 g/mol. The van der Waals surface area contributed by atoms with Crippen molar-refractivity contribution in [1.82, 2.24) is 4.90 Å². The summed E-state index contributed by atoms with van der Waals surface area (Å²) in [5, 5.41) is 0. The van der Waals surface area contributed by atoms with Gasteiger partial charge >= 0.3 is 0 Å². The topological polar surface area (TPSA) is 55.6 Å². The first kappa shape index (κ1) is 13.1. The highest BCUT2D eigenvalue weighted by atomic mass is 16.5. The summed E-state index contributed by atoms with van der Waals surface area (Å²) < 4.78 is 5.91. The number of morpholine rings is 1. The number of carbonyl (C=O) groups excluding carboxylic acids is 1. The Bertz CT molecular complexity index is 394. The highest BCUT2D eigenvalue weighted by Crippen LogP contribution is 2.25. The van der Waals surface area contributed by atoms with E-state index in [-0.39, 0.29) is 18.1 Å². The van der Waals surface area contributed by atoms with Crippen LogP contribution in [0.2, 0.25) is 0 Å². The molecule has 0 bridgehead atoms. The third kappa shape index (κ3) is 3.09. The van der Waals surface area contributed by atoms with Gasteiger partial charge in [0.25, 0.3) is 0 Å². The molecule has 4 nitrogen and oxygen atoms in total. The molecule has 1 amide bonds. The van der Waals surface area contributed by atoms with Crippen molar-refractivity contribution in [3.05, 3.63) is 35.9 Å². The van der Waals surface area contributed by atoms with Crippen LogP contribution in [0.1, 0.15) is 25.0 Å². The van der Waals surface area contributed by atoms with Crippen LogP contribution >= 0.6 is 0 Å². The number of benzene rings is 1. The zero-order valence-corrected chi connectivity index (χ0v) is 10.7. The lowest BCUT2D eigenvalue weighted by Gasteiger charge is -2.37. The molecule has 0 saturated carbocycles. The lowest BCUT2D eigenvalue weighted by molar-refractivity contribution is -0.144. The molecule has 1 heterocycles. The molecule has 0 aliphatic carbocycles. The lowest BCUT2D eigenvalue weighted by atomic mass is 10.1. The van der Waals surface area contributed by atoms with E-state index in [0.29, 0.717) is 26.1 Å². The summed E-state index contributed by atoms with van der Waals surface area (Å²) in [5.41, 5.74) is 6.56. The second kappa shape index (κ2) is 5.98. The summed E-state index contributed by atoms with van der Waals surface area (Å²) in [4.78, 5) is 13.8. The molecular formula is C14H20N2O2. The minimum atomic E-state index is -0.0309. The summed E-state index contributed by atoms with van der Waals surface area (Å²) in [6, 6.07) is 10.0. The monoisotopic (exact) mass is 248 g/mol. The number of rotatable bonds is 3. The van der Waals surface area contributed by atoms with Gasteiger partial charge in [0.2, 0.25) is 5.91 Å². The number of hydrogen-bond donors (Lipinski definition) is 1. The molecule has 1 fully saturated rings. The molecule has 18 heavy (non-hydrogen) atoms. The van der Waals surface area contributed by atoms with Crippen LogP contribution in [0.15, 0.2) is 30.3 Å². The molecule has 2 unspecified atom stereocenters. The predicted octanol–water partition coefficient (Wildman–Crippen LogP) is 1.32. The maximum Gasteiger partial charge on any atom is 0.224 e. The summed E-state index contributed by atoms with van der Waals surface area (Å²) >= 11 is 0.